The number of methoxy groups -OCH3 is 1. The smallest absolute Gasteiger partial charge is 0.322 e. The van der Waals surface area contributed by atoms with Crippen LogP contribution in [0.4, 0.5) is 10.5 Å². The van der Waals surface area contributed by atoms with Gasteiger partial charge in [-0.2, -0.15) is 0 Å². The zero-order chi connectivity index (χ0) is 18.8. The first-order valence-corrected chi connectivity index (χ1v) is 9.95. The molecule has 0 aliphatic carbocycles. The van der Waals surface area contributed by atoms with Crippen LogP contribution in [0.3, 0.4) is 0 Å². The summed E-state index contributed by atoms with van der Waals surface area (Å²) in [6.45, 7) is 0.670. The number of nitrogens with one attached hydrogen (secondary N) is 1. The molecule has 1 aliphatic rings. The van der Waals surface area contributed by atoms with Crippen LogP contribution in [-0.4, -0.2) is 24.6 Å². The molecule has 4 rings (SSSR count). The zero-order valence-corrected chi connectivity index (χ0v) is 16.4. The van der Waals surface area contributed by atoms with Crippen molar-refractivity contribution >= 4 is 34.7 Å². The van der Waals surface area contributed by atoms with E-state index in [1.165, 1.54) is 10.4 Å². The Hall–Kier alpha value is -2.50. The molecule has 0 spiro atoms. The van der Waals surface area contributed by atoms with Crippen molar-refractivity contribution < 1.29 is 9.53 Å². The Morgan fingerprint density at radius 2 is 1.89 bits per heavy atom. The van der Waals surface area contributed by atoms with Gasteiger partial charge in [-0.1, -0.05) is 23.7 Å². The summed E-state index contributed by atoms with van der Waals surface area (Å²) in [5, 5.41) is 5.73. The minimum absolute atomic E-state index is 0.113. The van der Waals surface area contributed by atoms with Crippen LogP contribution in [0.15, 0.2) is 60.0 Å². The Morgan fingerprint density at radius 1 is 1.15 bits per heavy atom. The third kappa shape index (κ3) is 3.66. The summed E-state index contributed by atoms with van der Waals surface area (Å²) in [6.07, 6.45) is 0.869. The standard InChI is InChI=1S/C21H19ClN2O2S/c1-26-17-8-2-14(3-9-17)20-18-11-13-27-19(18)10-12-24(20)21(25)23-16-6-4-15(22)5-7-16/h2-9,11,13,20H,10,12H2,1H3,(H,23,25). The molecule has 0 saturated carbocycles. The number of anilines is 1. The fourth-order valence-electron chi connectivity index (χ4n) is 3.41. The summed E-state index contributed by atoms with van der Waals surface area (Å²) in [6, 6.07) is 17.0. The number of benzene rings is 2. The van der Waals surface area contributed by atoms with Crippen LogP contribution in [0.1, 0.15) is 22.0 Å². The Labute approximate surface area is 167 Å². The number of ether oxygens (including phenoxy) is 1. The molecular formula is C21H19ClN2O2S. The van der Waals surface area contributed by atoms with Gasteiger partial charge in [-0.15, -0.1) is 11.3 Å². The molecular weight excluding hydrogens is 380 g/mol. The second-order valence-corrected chi connectivity index (χ2v) is 7.79. The molecule has 1 aliphatic heterocycles. The SMILES string of the molecule is COc1ccc(C2c3ccsc3CCN2C(=O)Nc2ccc(Cl)cc2)cc1. The lowest BCUT2D eigenvalue weighted by molar-refractivity contribution is 0.194. The monoisotopic (exact) mass is 398 g/mol. The fourth-order valence-corrected chi connectivity index (χ4v) is 4.44. The highest BCUT2D eigenvalue weighted by molar-refractivity contribution is 7.10. The Bertz CT molecular complexity index is 938. The molecule has 1 N–H and O–H groups in total. The Kier molecular flexibility index (Phi) is 5.05. The summed E-state index contributed by atoms with van der Waals surface area (Å²) in [5.74, 6) is 0.803. The van der Waals surface area contributed by atoms with Gasteiger partial charge in [-0.25, -0.2) is 4.79 Å². The molecule has 138 valence electrons. The number of halogens is 1. The van der Waals surface area contributed by atoms with Gasteiger partial charge < -0.3 is 15.0 Å². The number of nitrogens with zero attached hydrogens (tertiary/aromatic N) is 1. The van der Waals surface area contributed by atoms with Crippen LogP contribution in [0.25, 0.3) is 0 Å². The largest absolute Gasteiger partial charge is 0.497 e. The molecule has 3 aromatic rings. The number of carbonyl (C=O) groups excluding carboxylic acids is 1. The molecule has 0 fully saturated rings. The number of hydrogen-bond donors (Lipinski definition) is 1. The summed E-state index contributed by atoms with van der Waals surface area (Å²) in [4.78, 5) is 16.3. The van der Waals surface area contributed by atoms with Crippen molar-refractivity contribution in [1.82, 2.24) is 4.90 Å². The van der Waals surface area contributed by atoms with Gasteiger partial charge in [0.05, 0.1) is 13.2 Å². The number of thiophene rings is 1. The van der Waals surface area contributed by atoms with Crippen molar-refractivity contribution in [2.45, 2.75) is 12.5 Å². The lowest BCUT2D eigenvalue weighted by Crippen LogP contribution is -2.42. The van der Waals surface area contributed by atoms with E-state index < -0.39 is 0 Å². The van der Waals surface area contributed by atoms with Crippen molar-refractivity contribution in [3.8, 4) is 5.75 Å². The molecule has 0 bridgehead atoms. The van der Waals surface area contributed by atoms with Gasteiger partial charge in [0.2, 0.25) is 0 Å². The van der Waals surface area contributed by atoms with Crippen LogP contribution in [0.2, 0.25) is 5.02 Å². The van der Waals surface area contributed by atoms with Gasteiger partial charge in [0, 0.05) is 22.1 Å². The van der Waals surface area contributed by atoms with Crippen LogP contribution < -0.4 is 10.1 Å². The van der Waals surface area contributed by atoms with Crippen LogP contribution in [0.5, 0.6) is 5.75 Å². The summed E-state index contributed by atoms with van der Waals surface area (Å²) >= 11 is 7.69. The Balaban J connectivity index is 1.65. The molecule has 1 aromatic heterocycles. The van der Waals surface area contributed by atoms with Crippen LogP contribution in [0, 0.1) is 0 Å². The van der Waals surface area contributed by atoms with Crippen molar-refractivity contribution in [2.24, 2.45) is 0 Å². The summed E-state index contributed by atoms with van der Waals surface area (Å²) in [7, 11) is 1.65. The first-order chi connectivity index (χ1) is 13.2. The van der Waals surface area contributed by atoms with Gasteiger partial charge >= 0.3 is 6.03 Å². The maximum absolute atomic E-state index is 13.1. The highest BCUT2D eigenvalue weighted by atomic mass is 35.5. The highest BCUT2D eigenvalue weighted by Gasteiger charge is 2.32. The van der Waals surface area contributed by atoms with E-state index in [9.17, 15) is 4.79 Å². The topological polar surface area (TPSA) is 41.6 Å². The lowest BCUT2D eigenvalue weighted by Gasteiger charge is -2.36. The molecule has 2 amide bonds. The maximum atomic E-state index is 13.1. The van der Waals surface area contributed by atoms with E-state index in [-0.39, 0.29) is 12.1 Å². The average molecular weight is 399 g/mol. The molecule has 4 nitrogen and oxygen atoms in total. The lowest BCUT2D eigenvalue weighted by atomic mass is 9.93. The highest BCUT2D eigenvalue weighted by Crippen LogP contribution is 2.38. The molecule has 2 aromatic carbocycles. The van der Waals surface area contributed by atoms with Gasteiger partial charge in [-0.05, 0) is 65.4 Å². The molecule has 6 heteroatoms. The van der Waals surface area contributed by atoms with E-state index >= 15 is 0 Å². The number of hydrogen-bond acceptors (Lipinski definition) is 3. The predicted octanol–water partition coefficient (Wildman–Crippen LogP) is 5.59. The second-order valence-electron chi connectivity index (χ2n) is 6.36. The number of urea groups is 1. The molecule has 1 atom stereocenters. The second kappa shape index (κ2) is 7.62. The third-order valence-electron chi connectivity index (χ3n) is 4.75. The molecule has 0 radical (unpaired) electrons. The van der Waals surface area contributed by atoms with E-state index in [0.717, 1.165) is 23.4 Å². The average Bonchev–Trinajstić information content (AvgIpc) is 3.18. The van der Waals surface area contributed by atoms with Crippen molar-refractivity contribution in [2.75, 3.05) is 19.0 Å². The van der Waals surface area contributed by atoms with E-state index in [0.29, 0.717) is 11.6 Å². The van der Waals surface area contributed by atoms with E-state index in [4.69, 9.17) is 16.3 Å². The molecule has 27 heavy (non-hydrogen) atoms. The molecule has 2 heterocycles. The first-order valence-electron chi connectivity index (χ1n) is 8.69. The zero-order valence-electron chi connectivity index (χ0n) is 14.8. The number of fused-ring (bicyclic) bond motifs is 1. The molecule has 1 unspecified atom stereocenters. The molecule has 0 saturated heterocycles. The van der Waals surface area contributed by atoms with E-state index in [2.05, 4.69) is 16.8 Å². The number of carbonyl (C=O) groups is 1. The van der Waals surface area contributed by atoms with E-state index in [1.54, 1.807) is 30.6 Å². The Morgan fingerprint density at radius 3 is 2.59 bits per heavy atom. The van der Waals surface area contributed by atoms with Gasteiger partial charge in [-0.3, -0.25) is 0 Å². The summed E-state index contributed by atoms with van der Waals surface area (Å²) < 4.78 is 5.27. The van der Waals surface area contributed by atoms with Gasteiger partial charge in [0.15, 0.2) is 0 Å². The maximum Gasteiger partial charge on any atom is 0.322 e. The quantitative estimate of drug-likeness (QED) is 0.624. The third-order valence-corrected chi connectivity index (χ3v) is 6.00. The first kappa shape index (κ1) is 17.9. The minimum atomic E-state index is -0.116. The van der Waals surface area contributed by atoms with E-state index in [1.807, 2.05) is 41.3 Å². The number of rotatable bonds is 3. The van der Waals surface area contributed by atoms with Crippen molar-refractivity contribution in [3.63, 3.8) is 0 Å². The van der Waals surface area contributed by atoms with Gasteiger partial charge in [0.25, 0.3) is 0 Å². The predicted molar refractivity (Wildman–Crippen MR) is 110 cm³/mol. The minimum Gasteiger partial charge on any atom is -0.497 e. The van der Waals surface area contributed by atoms with Crippen molar-refractivity contribution in [1.29, 1.82) is 0 Å². The normalized spacial score (nSPS) is 15.9. The van der Waals surface area contributed by atoms with Crippen LogP contribution in [-0.2, 0) is 6.42 Å². The number of amides is 2. The summed E-state index contributed by atoms with van der Waals surface area (Å²) in [5.41, 5.74) is 3.00. The fraction of sp³-hybridized carbons (Fsp3) is 0.190. The van der Waals surface area contributed by atoms with Gasteiger partial charge in [0.1, 0.15) is 5.75 Å². The van der Waals surface area contributed by atoms with Crippen molar-refractivity contribution in [3.05, 3.63) is 81.0 Å². The van der Waals surface area contributed by atoms with Crippen LogP contribution >= 0.6 is 22.9 Å².